The number of anilines is 1. The van der Waals surface area contributed by atoms with Crippen molar-refractivity contribution in [3.8, 4) is 0 Å². The van der Waals surface area contributed by atoms with Crippen LogP contribution in [0.3, 0.4) is 0 Å². The van der Waals surface area contributed by atoms with Crippen LogP contribution in [0.4, 0.5) is 5.69 Å². The number of methoxy groups -OCH3 is 1. The molecule has 0 saturated carbocycles. The number of rotatable bonds is 6. The predicted octanol–water partition coefficient (Wildman–Crippen LogP) is 3.85. The number of hydrogen-bond acceptors (Lipinski definition) is 2. The lowest BCUT2D eigenvalue weighted by Crippen LogP contribution is -2.03. The smallest absolute Gasteiger partial charge is 0.0821 e. The molecule has 1 aromatic carbocycles. The van der Waals surface area contributed by atoms with Crippen molar-refractivity contribution < 1.29 is 4.74 Å². The predicted molar refractivity (Wildman–Crippen MR) is 69.8 cm³/mol. The van der Waals surface area contributed by atoms with Gasteiger partial charge in [-0.25, -0.2) is 0 Å². The summed E-state index contributed by atoms with van der Waals surface area (Å²) in [6.45, 7) is 4.49. The van der Waals surface area contributed by atoms with Crippen molar-refractivity contribution in [3.05, 3.63) is 29.8 Å². The molecule has 0 fully saturated rings. The van der Waals surface area contributed by atoms with Crippen molar-refractivity contribution in [3.63, 3.8) is 0 Å². The van der Waals surface area contributed by atoms with Crippen LogP contribution in [0.15, 0.2) is 24.3 Å². The number of benzene rings is 1. The van der Waals surface area contributed by atoms with Gasteiger partial charge in [-0.05, 0) is 36.5 Å². The summed E-state index contributed by atoms with van der Waals surface area (Å²) in [6.07, 6.45) is 2.52. The van der Waals surface area contributed by atoms with E-state index in [0.717, 1.165) is 18.0 Å². The van der Waals surface area contributed by atoms with E-state index in [1.807, 2.05) is 7.05 Å². The molecular weight excluding hydrogens is 198 g/mol. The summed E-state index contributed by atoms with van der Waals surface area (Å²) >= 11 is 0. The molecule has 0 spiro atoms. The summed E-state index contributed by atoms with van der Waals surface area (Å²) in [5.74, 6) is 0.731. The highest BCUT2D eigenvalue weighted by Crippen LogP contribution is 2.25. The second-order valence-electron chi connectivity index (χ2n) is 4.57. The molecule has 1 aromatic rings. The van der Waals surface area contributed by atoms with E-state index in [1.54, 1.807) is 7.11 Å². The Labute approximate surface area is 99.0 Å². The topological polar surface area (TPSA) is 21.3 Å². The molecule has 0 radical (unpaired) electrons. The summed E-state index contributed by atoms with van der Waals surface area (Å²) < 4.78 is 5.54. The van der Waals surface area contributed by atoms with E-state index in [0.29, 0.717) is 0 Å². The fourth-order valence-corrected chi connectivity index (χ4v) is 1.77. The first-order valence-corrected chi connectivity index (χ1v) is 5.98. The first-order valence-electron chi connectivity index (χ1n) is 5.98. The fraction of sp³-hybridized carbons (Fsp3) is 0.571. The first-order chi connectivity index (χ1) is 7.67. The lowest BCUT2D eigenvalue weighted by atomic mass is 9.99. The molecular formula is C14H23NO. The van der Waals surface area contributed by atoms with Crippen LogP contribution in [-0.4, -0.2) is 14.2 Å². The minimum absolute atomic E-state index is 0.230. The largest absolute Gasteiger partial charge is 0.388 e. The molecule has 0 aromatic heterocycles. The van der Waals surface area contributed by atoms with E-state index < -0.39 is 0 Å². The molecule has 1 N–H and O–H groups in total. The molecule has 90 valence electrons. The highest BCUT2D eigenvalue weighted by molar-refractivity contribution is 5.44. The van der Waals surface area contributed by atoms with Crippen LogP contribution >= 0.6 is 0 Å². The molecule has 2 heteroatoms. The van der Waals surface area contributed by atoms with Gasteiger partial charge in [-0.2, -0.15) is 0 Å². The maximum absolute atomic E-state index is 5.54. The van der Waals surface area contributed by atoms with E-state index in [4.69, 9.17) is 4.74 Å². The first kappa shape index (κ1) is 13.0. The average molecular weight is 221 g/mol. The summed E-state index contributed by atoms with van der Waals surface area (Å²) in [5.41, 5.74) is 2.41. The van der Waals surface area contributed by atoms with Gasteiger partial charge in [0.25, 0.3) is 0 Å². The standard InChI is InChI=1S/C14H23NO/c1-11(2)5-10-14(16-4)12-6-8-13(15-3)9-7-12/h6-9,11,14-15H,5,10H2,1-4H3. The average Bonchev–Trinajstić information content (AvgIpc) is 2.30. The van der Waals surface area contributed by atoms with Crippen LogP contribution in [0.25, 0.3) is 0 Å². The van der Waals surface area contributed by atoms with E-state index in [9.17, 15) is 0 Å². The molecule has 0 aliphatic heterocycles. The van der Waals surface area contributed by atoms with Gasteiger partial charge in [0.15, 0.2) is 0 Å². The zero-order valence-corrected chi connectivity index (χ0v) is 10.8. The van der Waals surface area contributed by atoms with Gasteiger partial charge in [0.1, 0.15) is 0 Å². The normalized spacial score (nSPS) is 12.8. The lowest BCUT2D eigenvalue weighted by molar-refractivity contribution is 0.0906. The Morgan fingerprint density at radius 3 is 2.19 bits per heavy atom. The molecule has 1 unspecified atom stereocenters. The number of nitrogens with one attached hydrogen (secondary N) is 1. The molecule has 1 rings (SSSR count). The van der Waals surface area contributed by atoms with Crippen LogP contribution in [0, 0.1) is 5.92 Å². The molecule has 0 bridgehead atoms. The number of hydrogen-bond donors (Lipinski definition) is 1. The highest BCUT2D eigenvalue weighted by atomic mass is 16.5. The molecule has 0 saturated heterocycles. The van der Waals surface area contributed by atoms with Gasteiger partial charge in [-0.3, -0.25) is 0 Å². The van der Waals surface area contributed by atoms with Gasteiger partial charge in [-0.1, -0.05) is 26.0 Å². The third-order valence-electron chi connectivity index (χ3n) is 2.86. The Kier molecular flexibility index (Phi) is 5.33. The second kappa shape index (κ2) is 6.54. The lowest BCUT2D eigenvalue weighted by Gasteiger charge is -2.17. The monoisotopic (exact) mass is 221 g/mol. The molecule has 0 amide bonds. The van der Waals surface area contributed by atoms with Gasteiger partial charge in [0.2, 0.25) is 0 Å². The molecule has 1 atom stereocenters. The summed E-state index contributed by atoms with van der Waals surface area (Å²) in [5, 5.41) is 3.12. The SMILES string of the molecule is CNc1ccc(C(CCC(C)C)OC)cc1. The van der Waals surface area contributed by atoms with E-state index in [1.165, 1.54) is 12.0 Å². The molecule has 0 heterocycles. The van der Waals surface area contributed by atoms with Gasteiger partial charge in [-0.15, -0.1) is 0 Å². The highest BCUT2D eigenvalue weighted by Gasteiger charge is 2.10. The van der Waals surface area contributed by atoms with Gasteiger partial charge >= 0.3 is 0 Å². The van der Waals surface area contributed by atoms with Gasteiger partial charge < -0.3 is 10.1 Å². The molecule has 16 heavy (non-hydrogen) atoms. The molecule has 0 aliphatic carbocycles. The van der Waals surface area contributed by atoms with Crippen LogP contribution in [0.1, 0.15) is 38.4 Å². The van der Waals surface area contributed by atoms with Crippen molar-refractivity contribution in [1.29, 1.82) is 0 Å². The summed E-state index contributed by atoms with van der Waals surface area (Å²) in [4.78, 5) is 0. The van der Waals surface area contributed by atoms with E-state index >= 15 is 0 Å². The summed E-state index contributed by atoms with van der Waals surface area (Å²) in [6, 6.07) is 8.47. The maximum Gasteiger partial charge on any atom is 0.0821 e. The van der Waals surface area contributed by atoms with E-state index in [2.05, 4.69) is 43.4 Å². The van der Waals surface area contributed by atoms with Crippen molar-refractivity contribution in [1.82, 2.24) is 0 Å². The zero-order chi connectivity index (χ0) is 12.0. The maximum atomic E-state index is 5.54. The minimum Gasteiger partial charge on any atom is -0.388 e. The van der Waals surface area contributed by atoms with Crippen LogP contribution in [0.2, 0.25) is 0 Å². The minimum atomic E-state index is 0.230. The van der Waals surface area contributed by atoms with Crippen LogP contribution < -0.4 is 5.32 Å². The second-order valence-corrected chi connectivity index (χ2v) is 4.57. The Hall–Kier alpha value is -1.02. The summed E-state index contributed by atoms with van der Waals surface area (Å²) in [7, 11) is 3.72. The van der Waals surface area contributed by atoms with Crippen molar-refractivity contribution in [2.24, 2.45) is 5.92 Å². The van der Waals surface area contributed by atoms with Gasteiger partial charge in [0.05, 0.1) is 6.10 Å². The fourth-order valence-electron chi connectivity index (χ4n) is 1.77. The Balaban J connectivity index is 2.63. The molecule has 2 nitrogen and oxygen atoms in total. The van der Waals surface area contributed by atoms with Crippen LogP contribution in [-0.2, 0) is 4.74 Å². The zero-order valence-electron chi connectivity index (χ0n) is 10.8. The third-order valence-corrected chi connectivity index (χ3v) is 2.86. The Morgan fingerprint density at radius 2 is 1.75 bits per heavy atom. The quantitative estimate of drug-likeness (QED) is 0.787. The van der Waals surface area contributed by atoms with Crippen molar-refractivity contribution in [2.75, 3.05) is 19.5 Å². The van der Waals surface area contributed by atoms with Crippen molar-refractivity contribution >= 4 is 5.69 Å². The van der Waals surface area contributed by atoms with Gasteiger partial charge in [0, 0.05) is 19.8 Å². The third kappa shape index (κ3) is 3.86. The van der Waals surface area contributed by atoms with E-state index in [-0.39, 0.29) is 6.10 Å². The van der Waals surface area contributed by atoms with Crippen LogP contribution in [0.5, 0.6) is 0 Å². The molecule has 0 aliphatic rings. The van der Waals surface area contributed by atoms with Crippen molar-refractivity contribution in [2.45, 2.75) is 32.8 Å². The Bertz CT molecular complexity index is 292. The number of ether oxygens (including phenoxy) is 1. The Morgan fingerprint density at radius 1 is 1.12 bits per heavy atom.